The lowest BCUT2D eigenvalue weighted by Crippen LogP contribution is -2.27. The Labute approximate surface area is 130 Å². The number of likely N-dealkylation sites (N-methyl/N-ethyl adjacent to an activating group) is 1. The number of nitrogens with one attached hydrogen (secondary N) is 1. The van der Waals surface area contributed by atoms with Crippen molar-refractivity contribution in [1.29, 1.82) is 0 Å². The summed E-state index contributed by atoms with van der Waals surface area (Å²) in [6.07, 6.45) is 4.31. The Kier molecular flexibility index (Phi) is 3.88. The van der Waals surface area contributed by atoms with Gasteiger partial charge in [-0.2, -0.15) is 0 Å². The first-order chi connectivity index (χ1) is 10.6. The Morgan fingerprint density at radius 2 is 2.23 bits per heavy atom. The summed E-state index contributed by atoms with van der Waals surface area (Å²) in [4.78, 5) is 17.9. The van der Waals surface area contributed by atoms with E-state index in [0.717, 1.165) is 16.9 Å². The molecule has 2 aromatic rings. The Morgan fingerprint density at radius 1 is 1.45 bits per heavy atom. The number of carbonyl (C=O) groups is 1. The number of pyridine rings is 1. The molecule has 1 saturated carbocycles. The molecule has 1 aromatic carbocycles. The molecule has 1 aromatic heterocycles. The maximum atomic E-state index is 11.5. The molecule has 0 aliphatic heterocycles. The van der Waals surface area contributed by atoms with Gasteiger partial charge in [-0.1, -0.05) is 18.2 Å². The van der Waals surface area contributed by atoms with Gasteiger partial charge in [0.05, 0.1) is 19.0 Å². The van der Waals surface area contributed by atoms with E-state index in [0.29, 0.717) is 6.04 Å². The molecule has 0 amide bonds. The molecule has 0 spiro atoms. The largest absolute Gasteiger partial charge is 0.468 e. The van der Waals surface area contributed by atoms with Crippen molar-refractivity contribution < 1.29 is 9.53 Å². The molecule has 1 heterocycles. The SMILES string of the molecule is COC(=O)CN(C)c1ncc(NC2CC2)c2c(C)cccc12. The molecule has 116 valence electrons. The molecule has 1 aliphatic rings. The number of carbonyl (C=O) groups excluding carboxylic acids is 1. The lowest BCUT2D eigenvalue weighted by molar-refractivity contribution is -0.138. The maximum absolute atomic E-state index is 11.5. The summed E-state index contributed by atoms with van der Waals surface area (Å²) in [6, 6.07) is 6.75. The van der Waals surface area contributed by atoms with Gasteiger partial charge in [-0.25, -0.2) is 4.98 Å². The van der Waals surface area contributed by atoms with Crippen molar-refractivity contribution in [2.24, 2.45) is 0 Å². The van der Waals surface area contributed by atoms with E-state index in [4.69, 9.17) is 4.74 Å². The number of anilines is 2. The highest BCUT2D eigenvalue weighted by Gasteiger charge is 2.23. The van der Waals surface area contributed by atoms with Crippen LogP contribution in [0.15, 0.2) is 24.4 Å². The molecule has 3 rings (SSSR count). The molecule has 0 saturated heterocycles. The van der Waals surface area contributed by atoms with Gasteiger partial charge in [0.2, 0.25) is 0 Å². The lowest BCUT2D eigenvalue weighted by Gasteiger charge is -2.21. The highest BCUT2D eigenvalue weighted by Crippen LogP contribution is 2.35. The van der Waals surface area contributed by atoms with Crippen LogP contribution < -0.4 is 10.2 Å². The quantitative estimate of drug-likeness (QED) is 0.860. The maximum Gasteiger partial charge on any atom is 0.325 e. The first kappa shape index (κ1) is 14.6. The average Bonchev–Trinajstić information content (AvgIpc) is 3.31. The second-order valence-electron chi connectivity index (χ2n) is 5.84. The minimum Gasteiger partial charge on any atom is -0.468 e. The van der Waals surface area contributed by atoms with Crippen LogP contribution in [-0.4, -0.2) is 37.7 Å². The Balaban J connectivity index is 2.04. The van der Waals surface area contributed by atoms with Gasteiger partial charge in [-0.15, -0.1) is 0 Å². The third kappa shape index (κ3) is 2.84. The van der Waals surface area contributed by atoms with Crippen molar-refractivity contribution in [2.45, 2.75) is 25.8 Å². The third-order valence-corrected chi connectivity index (χ3v) is 3.99. The minimum absolute atomic E-state index is 0.182. The number of aromatic nitrogens is 1. The number of methoxy groups -OCH3 is 1. The van der Waals surface area contributed by atoms with Gasteiger partial charge in [0.1, 0.15) is 12.4 Å². The summed E-state index contributed by atoms with van der Waals surface area (Å²) in [5.41, 5.74) is 2.28. The second-order valence-corrected chi connectivity index (χ2v) is 5.84. The minimum atomic E-state index is -0.273. The third-order valence-electron chi connectivity index (χ3n) is 3.99. The van der Waals surface area contributed by atoms with E-state index in [2.05, 4.69) is 29.4 Å². The zero-order valence-corrected chi connectivity index (χ0v) is 13.2. The number of nitrogens with zero attached hydrogens (tertiary/aromatic N) is 2. The number of hydrogen-bond donors (Lipinski definition) is 1. The van der Waals surface area contributed by atoms with Crippen LogP contribution in [0.25, 0.3) is 10.8 Å². The molecule has 5 heteroatoms. The summed E-state index contributed by atoms with van der Waals surface area (Å²) in [5, 5.41) is 5.77. The normalized spacial score (nSPS) is 14.0. The number of ether oxygens (including phenoxy) is 1. The van der Waals surface area contributed by atoms with E-state index in [1.54, 1.807) is 0 Å². The van der Waals surface area contributed by atoms with Crippen LogP contribution in [0.5, 0.6) is 0 Å². The molecular weight excluding hydrogens is 278 g/mol. The van der Waals surface area contributed by atoms with Crippen LogP contribution in [0.3, 0.4) is 0 Å². The van der Waals surface area contributed by atoms with Gasteiger partial charge >= 0.3 is 5.97 Å². The summed E-state index contributed by atoms with van der Waals surface area (Å²) in [6.45, 7) is 2.28. The number of aryl methyl sites for hydroxylation is 1. The summed E-state index contributed by atoms with van der Waals surface area (Å²) in [5.74, 6) is 0.524. The van der Waals surface area contributed by atoms with E-state index >= 15 is 0 Å². The highest BCUT2D eigenvalue weighted by molar-refractivity contribution is 6.02. The van der Waals surface area contributed by atoms with Crippen molar-refractivity contribution in [3.63, 3.8) is 0 Å². The molecule has 0 bridgehead atoms. The summed E-state index contributed by atoms with van der Waals surface area (Å²) in [7, 11) is 3.25. The molecule has 0 radical (unpaired) electrons. The molecule has 5 nitrogen and oxygen atoms in total. The molecule has 0 atom stereocenters. The Hall–Kier alpha value is -2.30. The average molecular weight is 299 g/mol. The van der Waals surface area contributed by atoms with Crippen LogP contribution in [-0.2, 0) is 9.53 Å². The van der Waals surface area contributed by atoms with E-state index in [1.165, 1.54) is 30.9 Å². The van der Waals surface area contributed by atoms with Crippen LogP contribution in [0, 0.1) is 6.92 Å². The second kappa shape index (κ2) is 5.83. The zero-order valence-electron chi connectivity index (χ0n) is 13.2. The molecule has 1 aliphatic carbocycles. The van der Waals surface area contributed by atoms with Gasteiger partial charge in [-0.3, -0.25) is 4.79 Å². The monoisotopic (exact) mass is 299 g/mol. The van der Waals surface area contributed by atoms with Crippen LogP contribution in [0.1, 0.15) is 18.4 Å². The standard InChI is InChI=1S/C17H21N3O2/c1-11-5-4-6-13-16(11)14(19-12-7-8-12)9-18-17(13)20(2)10-15(21)22-3/h4-6,9,12,19H,7-8,10H2,1-3H3. The first-order valence-corrected chi connectivity index (χ1v) is 7.53. The molecule has 1 N–H and O–H groups in total. The van der Waals surface area contributed by atoms with E-state index in [9.17, 15) is 4.79 Å². The van der Waals surface area contributed by atoms with E-state index in [-0.39, 0.29) is 12.5 Å². The van der Waals surface area contributed by atoms with Crippen LogP contribution in [0.4, 0.5) is 11.5 Å². The fourth-order valence-electron chi connectivity index (χ4n) is 2.67. The van der Waals surface area contributed by atoms with Crippen molar-refractivity contribution in [3.8, 4) is 0 Å². The van der Waals surface area contributed by atoms with Crippen LogP contribution >= 0.6 is 0 Å². The predicted octanol–water partition coefficient (Wildman–Crippen LogP) is 2.73. The van der Waals surface area contributed by atoms with Gasteiger partial charge in [0, 0.05) is 23.9 Å². The fraction of sp³-hybridized carbons (Fsp3) is 0.412. The zero-order chi connectivity index (χ0) is 15.7. The number of esters is 1. The number of benzene rings is 1. The Morgan fingerprint density at radius 3 is 2.91 bits per heavy atom. The topological polar surface area (TPSA) is 54.5 Å². The van der Waals surface area contributed by atoms with Crippen LogP contribution in [0.2, 0.25) is 0 Å². The molecule has 22 heavy (non-hydrogen) atoms. The fourth-order valence-corrected chi connectivity index (χ4v) is 2.67. The van der Waals surface area contributed by atoms with E-state index < -0.39 is 0 Å². The first-order valence-electron chi connectivity index (χ1n) is 7.53. The lowest BCUT2D eigenvalue weighted by atomic mass is 10.0. The van der Waals surface area contributed by atoms with Crippen molar-refractivity contribution in [1.82, 2.24) is 4.98 Å². The smallest absolute Gasteiger partial charge is 0.325 e. The molecule has 1 fully saturated rings. The summed E-state index contributed by atoms with van der Waals surface area (Å²) >= 11 is 0. The summed E-state index contributed by atoms with van der Waals surface area (Å²) < 4.78 is 4.74. The van der Waals surface area contributed by atoms with Crippen molar-refractivity contribution in [2.75, 3.05) is 30.9 Å². The number of rotatable bonds is 5. The van der Waals surface area contributed by atoms with Gasteiger partial charge in [0.15, 0.2) is 0 Å². The Bertz CT molecular complexity index is 710. The van der Waals surface area contributed by atoms with E-state index in [1.807, 2.05) is 24.2 Å². The molecular formula is C17H21N3O2. The van der Waals surface area contributed by atoms with Gasteiger partial charge in [-0.05, 0) is 25.3 Å². The van der Waals surface area contributed by atoms with Gasteiger partial charge < -0.3 is 15.0 Å². The van der Waals surface area contributed by atoms with Crippen molar-refractivity contribution in [3.05, 3.63) is 30.0 Å². The number of fused-ring (bicyclic) bond motifs is 1. The number of hydrogen-bond acceptors (Lipinski definition) is 5. The molecule has 0 unspecified atom stereocenters. The van der Waals surface area contributed by atoms with Crippen molar-refractivity contribution >= 4 is 28.2 Å². The predicted molar refractivity (Wildman–Crippen MR) is 88.4 cm³/mol. The highest BCUT2D eigenvalue weighted by atomic mass is 16.5. The van der Waals surface area contributed by atoms with Gasteiger partial charge in [0.25, 0.3) is 0 Å².